The Morgan fingerprint density at radius 1 is 1.03 bits per heavy atom. The van der Waals surface area contributed by atoms with Gasteiger partial charge >= 0.3 is 0 Å². The van der Waals surface area contributed by atoms with Crippen LogP contribution in [-0.4, -0.2) is 36.4 Å². The van der Waals surface area contributed by atoms with E-state index >= 15 is 0 Å². The third-order valence-corrected chi connectivity index (χ3v) is 8.43. The number of amides is 1. The van der Waals surface area contributed by atoms with Crippen LogP contribution < -0.4 is 4.90 Å². The zero-order chi connectivity index (χ0) is 23.1. The van der Waals surface area contributed by atoms with Crippen molar-refractivity contribution in [3.63, 3.8) is 0 Å². The molecule has 0 radical (unpaired) electrons. The van der Waals surface area contributed by atoms with Crippen LogP contribution in [0.5, 0.6) is 0 Å². The van der Waals surface area contributed by atoms with E-state index in [4.69, 9.17) is 9.72 Å². The Morgan fingerprint density at radius 3 is 2.68 bits per heavy atom. The van der Waals surface area contributed by atoms with Gasteiger partial charge in [-0.05, 0) is 67.9 Å². The molecule has 34 heavy (non-hydrogen) atoms. The van der Waals surface area contributed by atoms with Crippen molar-refractivity contribution in [2.24, 2.45) is 5.92 Å². The number of fused-ring (bicyclic) bond motifs is 3. The van der Waals surface area contributed by atoms with Crippen molar-refractivity contribution in [2.75, 3.05) is 24.7 Å². The van der Waals surface area contributed by atoms with Crippen LogP contribution in [0.4, 0.5) is 5.69 Å². The van der Waals surface area contributed by atoms with Gasteiger partial charge < -0.3 is 9.64 Å². The van der Waals surface area contributed by atoms with E-state index in [1.54, 1.807) is 11.3 Å². The van der Waals surface area contributed by atoms with Crippen LogP contribution in [-0.2, 0) is 11.2 Å². The molecule has 1 saturated heterocycles. The van der Waals surface area contributed by atoms with Crippen molar-refractivity contribution >= 4 is 28.7 Å². The van der Waals surface area contributed by atoms with E-state index in [0.29, 0.717) is 30.5 Å². The molecule has 0 spiro atoms. The Morgan fingerprint density at radius 2 is 1.85 bits per heavy atom. The molecule has 1 saturated carbocycles. The summed E-state index contributed by atoms with van der Waals surface area (Å²) in [5.41, 5.74) is 4.56. The molecule has 3 aliphatic rings. The molecule has 2 aliphatic heterocycles. The molecule has 6 heteroatoms. The fraction of sp³-hybridized carbons (Fsp3) is 0.393. The zero-order valence-electron chi connectivity index (χ0n) is 19.2. The number of aromatic nitrogens is 1. The maximum absolute atomic E-state index is 13.7. The minimum absolute atomic E-state index is 0.0680. The first-order valence-electron chi connectivity index (χ1n) is 12.3. The second-order valence-electron chi connectivity index (χ2n) is 9.59. The molecule has 1 amide bonds. The van der Waals surface area contributed by atoms with Gasteiger partial charge in [0.15, 0.2) is 5.78 Å². The average Bonchev–Trinajstić information content (AvgIpc) is 3.63. The van der Waals surface area contributed by atoms with Crippen LogP contribution in [0.1, 0.15) is 69.4 Å². The van der Waals surface area contributed by atoms with Gasteiger partial charge in [0.2, 0.25) is 0 Å². The molecule has 0 bridgehead atoms. The summed E-state index contributed by atoms with van der Waals surface area (Å²) in [6.45, 7) is 2.06. The van der Waals surface area contributed by atoms with Crippen molar-refractivity contribution < 1.29 is 14.3 Å². The fourth-order valence-corrected chi connectivity index (χ4v) is 6.25. The molecule has 174 valence electrons. The van der Waals surface area contributed by atoms with Crippen LogP contribution in [0.25, 0.3) is 10.4 Å². The number of carbonyl (C=O) groups excluding carboxylic acids is 2. The monoisotopic (exact) mass is 472 g/mol. The molecule has 5 nitrogen and oxygen atoms in total. The Bertz CT molecular complexity index is 1240. The normalized spacial score (nSPS) is 18.2. The van der Waals surface area contributed by atoms with Gasteiger partial charge in [-0.1, -0.05) is 24.3 Å². The maximum atomic E-state index is 13.7. The van der Waals surface area contributed by atoms with E-state index in [2.05, 4.69) is 12.1 Å². The minimum Gasteiger partial charge on any atom is -0.381 e. The number of carbonyl (C=O) groups is 2. The van der Waals surface area contributed by atoms with Gasteiger partial charge in [-0.25, -0.2) is 4.98 Å². The number of pyridine rings is 1. The Kier molecular flexibility index (Phi) is 5.79. The predicted octanol–water partition coefficient (Wildman–Crippen LogP) is 5.89. The highest BCUT2D eigenvalue weighted by Gasteiger charge is 2.30. The number of ketones is 1. The van der Waals surface area contributed by atoms with Crippen molar-refractivity contribution in [1.82, 2.24) is 4.98 Å². The summed E-state index contributed by atoms with van der Waals surface area (Å²) >= 11 is 1.59. The number of Topliss-reactive ketones (excluding diaryl/α,β-unsaturated/α-hetero) is 1. The highest BCUT2D eigenvalue weighted by Crippen LogP contribution is 2.43. The smallest absolute Gasteiger partial charge is 0.276 e. The van der Waals surface area contributed by atoms with Crippen LogP contribution in [0.15, 0.2) is 48.5 Å². The number of nitrogens with zero attached hydrogens (tertiary/aromatic N) is 2. The van der Waals surface area contributed by atoms with E-state index in [0.717, 1.165) is 64.7 Å². The summed E-state index contributed by atoms with van der Waals surface area (Å²) in [5.74, 6) is 1.12. The van der Waals surface area contributed by atoms with Crippen LogP contribution >= 0.6 is 11.3 Å². The van der Waals surface area contributed by atoms with Crippen LogP contribution in [0, 0.1) is 5.92 Å². The second-order valence-corrected chi connectivity index (χ2v) is 10.6. The molecule has 2 aromatic heterocycles. The number of benzene rings is 1. The second kappa shape index (κ2) is 9.08. The molecule has 0 atom stereocenters. The zero-order valence-corrected chi connectivity index (χ0v) is 20.0. The summed E-state index contributed by atoms with van der Waals surface area (Å²) in [4.78, 5) is 35.1. The molecule has 6 rings (SSSR count). The number of hydrogen-bond donors (Lipinski definition) is 0. The molecular formula is C28H28N2O3S. The molecular weight excluding hydrogens is 444 g/mol. The Balaban J connectivity index is 1.31. The maximum Gasteiger partial charge on any atom is 0.276 e. The average molecular weight is 473 g/mol. The van der Waals surface area contributed by atoms with E-state index in [-0.39, 0.29) is 11.7 Å². The van der Waals surface area contributed by atoms with Gasteiger partial charge in [-0.3, -0.25) is 9.59 Å². The van der Waals surface area contributed by atoms with Crippen molar-refractivity contribution in [3.05, 3.63) is 70.4 Å². The van der Waals surface area contributed by atoms with Crippen molar-refractivity contribution in [2.45, 2.75) is 44.4 Å². The van der Waals surface area contributed by atoms with Gasteiger partial charge in [0.1, 0.15) is 5.69 Å². The third kappa shape index (κ3) is 4.21. The van der Waals surface area contributed by atoms with Crippen molar-refractivity contribution in [1.29, 1.82) is 0 Å². The molecule has 4 heterocycles. The van der Waals surface area contributed by atoms with E-state index in [1.165, 1.54) is 12.8 Å². The lowest BCUT2D eigenvalue weighted by atomic mass is 9.96. The SMILES string of the molecule is O=C(CC1CC1)c1cc2c(s1)-c1ccccc1N(C(=O)c1cccc(C3CCOCC3)n1)CC2. The Labute approximate surface area is 203 Å². The third-order valence-electron chi connectivity index (χ3n) is 7.17. The van der Waals surface area contributed by atoms with Crippen molar-refractivity contribution in [3.8, 4) is 10.4 Å². The highest BCUT2D eigenvalue weighted by atomic mass is 32.1. The number of hydrogen-bond acceptors (Lipinski definition) is 5. The molecule has 2 fully saturated rings. The van der Waals surface area contributed by atoms with Gasteiger partial charge in [0, 0.05) is 48.2 Å². The fourth-order valence-electron chi connectivity index (χ4n) is 5.06. The van der Waals surface area contributed by atoms with Gasteiger partial charge in [-0.2, -0.15) is 0 Å². The summed E-state index contributed by atoms with van der Waals surface area (Å²) in [6, 6.07) is 15.9. The molecule has 1 aromatic carbocycles. The predicted molar refractivity (Wildman–Crippen MR) is 134 cm³/mol. The largest absolute Gasteiger partial charge is 0.381 e. The molecule has 3 aromatic rings. The van der Waals surface area contributed by atoms with Gasteiger partial charge in [0.05, 0.1) is 10.6 Å². The number of rotatable bonds is 5. The van der Waals surface area contributed by atoms with Crippen LogP contribution in [0.2, 0.25) is 0 Å². The topological polar surface area (TPSA) is 59.5 Å². The number of anilines is 1. The first kappa shape index (κ1) is 21.7. The minimum atomic E-state index is -0.0680. The number of thiophene rings is 1. The van der Waals surface area contributed by atoms with Crippen LogP contribution in [0.3, 0.4) is 0 Å². The van der Waals surface area contributed by atoms with E-state index in [1.807, 2.05) is 41.3 Å². The summed E-state index contributed by atoms with van der Waals surface area (Å²) in [6.07, 6.45) is 5.64. The standard InChI is InChI=1S/C28H28N2O3S/c31-25(16-18-8-9-18)26-17-20-10-13-30(24-7-2-1-4-21(24)27(20)34-26)28(32)23-6-3-5-22(29-23)19-11-14-33-15-12-19/h1-7,17-19H,8-16H2. The molecule has 0 N–H and O–H groups in total. The van der Waals surface area contributed by atoms with E-state index < -0.39 is 0 Å². The first-order chi connectivity index (χ1) is 16.7. The quantitative estimate of drug-likeness (QED) is 0.435. The lowest BCUT2D eigenvalue weighted by Gasteiger charge is -2.24. The summed E-state index contributed by atoms with van der Waals surface area (Å²) in [5, 5.41) is 0. The first-order valence-corrected chi connectivity index (χ1v) is 13.1. The van der Waals surface area contributed by atoms with Gasteiger partial charge in [0.25, 0.3) is 5.91 Å². The Hall–Kier alpha value is -2.83. The highest BCUT2D eigenvalue weighted by molar-refractivity contribution is 7.17. The summed E-state index contributed by atoms with van der Waals surface area (Å²) < 4.78 is 5.49. The van der Waals surface area contributed by atoms with Gasteiger partial charge in [-0.15, -0.1) is 11.3 Å². The number of ether oxygens (including phenoxy) is 1. The lowest BCUT2D eigenvalue weighted by molar-refractivity contribution is 0.0844. The molecule has 0 unspecified atom stereocenters. The molecule has 1 aliphatic carbocycles. The van der Waals surface area contributed by atoms with E-state index in [9.17, 15) is 9.59 Å². The summed E-state index contributed by atoms with van der Waals surface area (Å²) in [7, 11) is 0. The number of para-hydroxylation sites is 1. The lowest BCUT2D eigenvalue weighted by Crippen LogP contribution is -2.33.